The van der Waals surface area contributed by atoms with E-state index in [0.717, 1.165) is 6.92 Å². The monoisotopic (exact) mass is 848 g/mol. The Hall–Kier alpha value is -3.72. The van der Waals surface area contributed by atoms with Gasteiger partial charge in [0.25, 0.3) is 5.67 Å². The molecule has 3 fully saturated rings. The van der Waals surface area contributed by atoms with Crippen LogP contribution in [0.4, 0.5) is 9.18 Å². The normalized spacial score (nSPS) is 35.7. The van der Waals surface area contributed by atoms with Gasteiger partial charge in [-0.3, -0.25) is 14.4 Å². The number of nitrogens with zero attached hydrogens (tertiary/aromatic N) is 7. The summed E-state index contributed by atoms with van der Waals surface area (Å²) in [6.07, 6.45) is -0.474. The van der Waals surface area contributed by atoms with Crippen LogP contribution in [-0.4, -0.2) is 165 Å². The Morgan fingerprint density at radius 1 is 1.05 bits per heavy atom. The maximum absolute atomic E-state index is 17.0. The van der Waals surface area contributed by atoms with Gasteiger partial charge >= 0.3 is 12.1 Å². The van der Waals surface area contributed by atoms with E-state index in [9.17, 15) is 19.5 Å². The number of amides is 1. The zero-order chi connectivity index (χ0) is 44.2. The van der Waals surface area contributed by atoms with E-state index in [1.165, 1.54) is 21.1 Å². The van der Waals surface area contributed by atoms with Gasteiger partial charge in [0, 0.05) is 52.0 Å². The van der Waals surface area contributed by atoms with Gasteiger partial charge in [0.15, 0.2) is 23.5 Å². The molecule has 0 bridgehead atoms. The van der Waals surface area contributed by atoms with Gasteiger partial charge in [0.1, 0.15) is 29.7 Å². The highest BCUT2D eigenvalue weighted by Gasteiger charge is 2.60. The molecule has 18 nitrogen and oxygen atoms in total. The first-order chi connectivity index (χ1) is 28.3. The molecule has 1 amide bonds. The van der Waals surface area contributed by atoms with Gasteiger partial charge in [0.2, 0.25) is 0 Å². The molecule has 3 saturated heterocycles. The minimum atomic E-state index is -3.19. The molecule has 0 aliphatic carbocycles. The van der Waals surface area contributed by atoms with Crippen LogP contribution in [0.5, 0.6) is 0 Å². The molecule has 0 radical (unpaired) electrons. The third kappa shape index (κ3) is 9.82. The molecule has 19 heteroatoms. The third-order valence-corrected chi connectivity index (χ3v) is 12.4. The summed E-state index contributed by atoms with van der Waals surface area (Å²) in [5.74, 6) is -5.89. The molecule has 5 rings (SSSR count). The second-order valence-electron chi connectivity index (χ2n) is 17.2. The number of fused-ring (bicyclic) bond motifs is 1. The van der Waals surface area contributed by atoms with Gasteiger partial charge in [-0.25, -0.2) is 14.0 Å². The molecular weight excluding hydrogens is 783 g/mol. The highest BCUT2D eigenvalue weighted by Crippen LogP contribution is 2.41. The second-order valence-corrected chi connectivity index (χ2v) is 17.2. The van der Waals surface area contributed by atoms with Gasteiger partial charge in [0.05, 0.1) is 24.3 Å². The van der Waals surface area contributed by atoms with E-state index in [0.29, 0.717) is 50.3 Å². The number of esters is 1. The Morgan fingerprint density at radius 2 is 1.75 bits per heavy atom. The van der Waals surface area contributed by atoms with Gasteiger partial charge in [-0.1, -0.05) is 26.0 Å². The lowest BCUT2D eigenvalue weighted by atomic mass is 9.82. The minimum Gasteiger partial charge on any atom is -0.455 e. The van der Waals surface area contributed by atoms with E-state index in [1.807, 2.05) is 39.8 Å². The van der Waals surface area contributed by atoms with Crippen LogP contribution >= 0.6 is 0 Å². The van der Waals surface area contributed by atoms with E-state index >= 15 is 4.39 Å². The smallest absolute Gasteiger partial charge is 0.410 e. The fourth-order valence-electron chi connectivity index (χ4n) is 9.07. The van der Waals surface area contributed by atoms with Crippen LogP contribution in [0.15, 0.2) is 24.5 Å². The number of likely N-dealkylation sites (N-methyl/N-ethyl adjacent to an activating group) is 1. The molecule has 0 spiro atoms. The number of cyclic esters (lactones) is 1. The maximum Gasteiger partial charge on any atom is 0.410 e. The molecule has 2 aromatic rings. The molecule has 2 N–H and O–H groups in total. The fraction of sp³-hybridized carbons (Fsp3) is 0.780. The predicted molar refractivity (Wildman–Crippen MR) is 215 cm³/mol. The standard InChI is InChI=1S/C41H65FN8O10/c1-12-31-40(7)33(50(38(54)60-40)19-14-13-18-49-23-29(46-47-49)28-16-15-17-44-45-28)27(5)43-22-24(2)21-41(55-10,56-11)35(26(4)34(52)39(6,42)37(53)58-31)59-36-32(51)30(48(8)9)20-25(3)57-36/h15-17,23-27,30-33,35-36,43,51H,12-14,18-22H2,1-11H3/t24-,25-,26+,27-,30?,31-,32?,33-,35-,36+,39?,40-/m1/s1. The number of alkyl halides is 1. The molecule has 60 heavy (non-hydrogen) atoms. The number of unbranched alkanes of at least 4 members (excludes halogenated alkanes) is 1. The summed E-state index contributed by atoms with van der Waals surface area (Å²) < 4.78 is 55.5. The summed E-state index contributed by atoms with van der Waals surface area (Å²) in [5, 5.41) is 31.4. The first-order valence-electron chi connectivity index (χ1n) is 20.9. The van der Waals surface area contributed by atoms with Crippen LogP contribution < -0.4 is 5.32 Å². The zero-order valence-electron chi connectivity index (χ0n) is 36.9. The lowest BCUT2D eigenvalue weighted by molar-refractivity contribution is -0.341. The van der Waals surface area contributed by atoms with Crippen molar-refractivity contribution in [1.29, 1.82) is 0 Å². The largest absolute Gasteiger partial charge is 0.455 e. The Balaban J connectivity index is 1.43. The number of Topliss-reactive ketones (excluding diaryl/α,β-unsaturated/α-hetero) is 1. The van der Waals surface area contributed by atoms with Crippen molar-refractivity contribution in [2.24, 2.45) is 11.8 Å². The Kier molecular flexibility index (Phi) is 15.4. The highest BCUT2D eigenvalue weighted by molar-refractivity contribution is 6.07. The van der Waals surface area contributed by atoms with Crippen molar-refractivity contribution in [3.63, 3.8) is 0 Å². The van der Waals surface area contributed by atoms with Crippen molar-refractivity contribution in [3.8, 4) is 11.4 Å². The lowest BCUT2D eigenvalue weighted by Gasteiger charge is -2.47. The number of nitrogens with one attached hydrogen (secondary N) is 1. The second kappa shape index (κ2) is 19.5. The first-order valence-corrected chi connectivity index (χ1v) is 20.9. The molecule has 336 valence electrons. The number of carbonyl (C=O) groups excluding carboxylic acids is 3. The number of aliphatic hydroxyl groups is 1. The Bertz CT molecular complexity index is 1750. The van der Waals surface area contributed by atoms with Crippen LogP contribution in [-0.2, 0) is 44.6 Å². The van der Waals surface area contributed by atoms with Crippen LogP contribution in [0.25, 0.3) is 11.4 Å². The summed E-state index contributed by atoms with van der Waals surface area (Å²) in [6.45, 7) is 12.6. The van der Waals surface area contributed by atoms with Crippen molar-refractivity contribution in [2.75, 3.05) is 41.4 Å². The lowest BCUT2D eigenvalue weighted by Crippen LogP contribution is -2.61. The number of halogens is 1. The van der Waals surface area contributed by atoms with Crippen LogP contribution in [0.2, 0.25) is 0 Å². The number of rotatable bonds is 12. The average molecular weight is 849 g/mol. The Labute approximate surface area is 352 Å². The van der Waals surface area contributed by atoms with Crippen molar-refractivity contribution in [2.45, 2.75) is 153 Å². The zero-order valence-corrected chi connectivity index (χ0v) is 36.9. The number of hydrogen-bond acceptors (Lipinski definition) is 16. The van der Waals surface area contributed by atoms with E-state index < -0.39 is 77.5 Å². The number of aromatic nitrogens is 5. The topological polar surface area (TPSA) is 202 Å². The summed E-state index contributed by atoms with van der Waals surface area (Å²) in [6, 6.07) is 2.09. The SMILES string of the molecule is CC[C@H]1OC(=O)C(C)(F)C(=O)[C@H](C)[C@@H](O[C@@H]2O[C@H](C)CC(N(C)C)C2O)C(OC)(OC)C[C@@H](C)CN[C@H](C)[C@H]2N(CCCCn3cc(-c4cccnn4)nn3)C(=O)O[C@]12C. The average Bonchev–Trinajstić information content (AvgIpc) is 3.80. The number of ketones is 1. The van der Waals surface area contributed by atoms with Crippen LogP contribution in [0, 0.1) is 11.8 Å². The minimum absolute atomic E-state index is 0.129. The molecular formula is C41H65FN8O10. The van der Waals surface area contributed by atoms with E-state index in [4.69, 9.17) is 28.4 Å². The molecule has 12 atom stereocenters. The van der Waals surface area contributed by atoms with Crippen LogP contribution in [0.1, 0.15) is 80.6 Å². The van der Waals surface area contributed by atoms with Gasteiger partial charge in [-0.2, -0.15) is 5.10 Å². The van der Waals surface area contributed by atoms with E-state index in [-0.39, 0.29) is 30.9 Å². The molecule has 3 aliphatic rings. The Morgan fingerprint density at radius 3 is 2.38 bits per heavy atom. The molecule has 3 unspecified atom stereocenters. The van der Waals surface area contributed by atoms with Crippen molar-refractivity contribution in [3.05, 3.63) is 24.5 Å². The van der Waals surface area contributed by atoms with Crippen LogP contribution in [0.3, 0.4) is 0 Å². The summed E-state index contributed by atoms with van der Waals surface area (Å²) in [5.41, 5.74) is -3.44. The third-order valence-electron chi connectivity index (χ3n) is 12.4. The van der Waals surface area contributed by atoms with Gasteiger partial charge < -0.3 is 43.7 Å². The number of hydrogen-bond donors (Lipinski definition) is 2. The first kappa shape index (κ1) is 47.3. The molecule has 5 heterocycles. The van der Waals surface area contributed by atoms with E-state index in [2.05, 4.69) is 25.8 Å². The summed E-state index contributed by atoms with van der Waals surface area (Å²) in [7, 11) is 6.47. The number of methoxy groups -OCH3 is 2. The molecule has 0 aromatic carbocycles. The van der Waals surface area contributed by atoms with Crippen molar-refractivity contribution >= 4 is 17.8 Å². The van der Waals surface area contributed by atoms with Gasteiger partial charge in [-0.15, -0.1) is 10.2 Å². The molecule has 2 aromatic heterocycles. The number of aryl methyl sites for hydroxylation is 1. The molecule has 3 aliphatic heterocycles. The number of ether oxygens (including phenoxy) is 6. The highest BCUT2D eigenvalue weighted by atomic mass is 19.1. The van der Waals surface area contributed by atoms with Crippen molar-refractivity contribution < 1.29 is 52.3 Å². The maximum atomic E-state index is 17.0. The quantitative estimate of drug-likeness (QED) is 0.136. The van der Waals surface area contributed by atoms with Gasteiger partial charge in [-0.05, 0) is 92.1 Å². The number of aliphatic hydroxyl groups excluding tert-OH is 1. The predicted octanol–water partition coefficient (Wildman–Crippen LogP) is 3.17. The summed E-state index contributed by atoms with van der Waals surface area (Å²) in [4.78, 5) is 45.6. The molecule has 0 saturated carbocycles. The fourth-order valence-corrected chi connectivity index (χ4v) is 9.07. The number of carbonyl (C=O) groups is 3. The summed E-state index contributed by atoms with van der Waals surface area (Å²) >= 11 is 0. The van der Waals surface area contributed by atoms with E-state index in [1.54, 1.807) is 48.0 Å². The van der Waals surface area contributed by atoms with Crippen molar-refractivity contribution in [1.82, 2.24) is 40.3 Å².